The normalized spacial score (nSPS) is 23.1. The van der Waals surface area contributed by atoms with Crippen molar-refractivity contribution in [1.29, 1.82) is 0 Å². The van der Waals surface area contributed by atoms with Crippen LogP contribution < -0.4 is 0 Å². The standard InChI is InChI=1S/C21H20O3/c22-21-19(16-10-5-2-6-11-16)17-12-7-13-18(20(17)24-21)23-14-15-8-3-1-4-9-15/h1-6,8-11,18,20H,7,12-14H2/t18-,20-/m1/s1. The van der Waals surface area contributed by atoms with E-state index in [4.69, 9.17) is 9.47 Å². The van der Waals surface area contributed by atoms with Crippen molar-refractivity contribution in [3.63, 3.8) is 0 Å². The molecule has 0 aromatic heterocycles. The van der Waals surface area contributed by atoms with E-state index in [-0.39, 0.29) is 18.2 Å². The summed E-state index contributed by atoms with van der Waals surface area (Å²) < 4.78 is 11.8. The summed E-state index contributed by atoms with van der Waals surface area (Å²) in [6.45, 7) is 0.549. The summed E-state index contributed by atoms with van der Waals surface area (Å²) >= 11 is 0. The smallest absolute Gasteiger partial charge is 0.339 e. The van der Waals surface area contributed by atoms with Crippen molar-refractivity contribution < 1.29 is 14.3 Å². The molecular weight excluding hydrogens is 300 g/mol. The zero-order valence-electron chi connectivity index (χ0n) is 13.5. The molecule has 0 saturated heterocycles. The van der Waals surface area contributed by atoms with Gasteiger partial charge in [0.1, 0.15) is 0 Å². The second kappa shape index (κ2) is 6.62. The van der Waals surface area contributed by atoms with Crippen LogP contribution >= 0.6 is 0 Å². The molecule has 2 atom stereocenters. The van der Waals surface area contributed by atoms with E-state index in [1.54, 1.807) is 0 Å². The largest absolute Gasteiger partial charge is 0.451 e. The number of hydrogen-bond acceptors (Lipinski definition) is 3. The Balaban J connectivity index is 1.56. The Labute approximate surface area is 141 Å². The molecule has 2 aliphatic rings. The van der Waals surface area contributed by atoms with E-state index in [0.717, 1.165) is 41.5 Å². The third-order valence-corrected chi connectivity index (χ3v) is 4.74. The first-order valence-electron chi connectivity index (χ1n) is 8.48. The van der Waals surface area contributed by atoms with E-state index in [0.29, 0.717) is 6.61 Å². The van der Waals surface area contributed by atoms with Gasteiger partial charge < -0.3 is 9.47 Å². The fourth-order valence-electron chi connectivity index (χ4n) is 3.59. The van der Waals surface area contributed by atoms with Crippen LogP contribution in [0.4, 0.5) is 0 Å². The van der Waals surface area contributed by atoms with Gasteiger partial charge in [-0.1, -0.05) is 60.7 Å². The molecule has 0 amide bonds. The molecule has 1 aliphatic heterocycles. The zero-order valence-corrected chi connectivity index (χ0v) is 13.5. The maximum atomic E-state index is 12.4. The number of benzene rings is 2. The summed E-state index contributed by atoms with van der Waals surface area (Å²) in [7, 11) is 0. The number of fused-ring (bicyclic) bond motifs is 1. The Kier molecular flexibility index (Phi) is 4.18. The number of ether oxygens (including phenoxy) is 2. The minimum absolute atomic E-state index is 0.0564. The molecule has 3 heteroatoms. The van der Waals surface area contributed by atoms with Crippen LogP contribution in [0.5, 0.6) is 0 Å². The van der Waals surface area contributed by atoms with E-state index in [2.05, 4.69) is 12.1 Å². The summed E-state index contributed by atoms with van der Waals surface area (Å²) in [5, 5.41) is 0. The highest BCUT2D eigenvalue weighted by molar-refractivity contribution is 6.19. The van der Waals surface area contributed by atoms with E-state index in [9.17, 15) is 4.79 Å². The topological polar surface area (TPSA) is 35.5 Å². The second-order valence-electron chi connectivity index (χ2n) is 6.32. The molecule has 0 spiro atoms. The minimum Gasteiger partial charge on any atom is -0.451 e. The fourth-order valence-corrected chi connectivity index (χ4v) is 3.59. The van der Waals surface area contributed by atoms with Gasteiger partial charge in [-0.2, -0.15) is 0 Å². The van der Waals surface area contributed by atoms with Crippen molar-refractivity contribution in [3.05, 3.63) is 77.4 Å². The number of carbonyl (C=O) groups is 1. The lowest BCUT2D eigenvalue weighted by atomic mass is 9.86. The number of carbonyl (C=O) groups excluding carboxylic acids is 1. The van der Waals surface area contributed by atoms with Crippen LogP contribution in [-0.2, 0) is 20.9 Å². The minimum atomic E-state index is -0.231. The number of rotatable bonds is 4. The summed E-state index contributed by atoms with van der Waals surface area (Å²) in [4.78, 5) is 12.4. The molecule has 122 valence electrons. The van der Waals surface area contributed by atoms with Crippen molar-refractivity contribution in [2.45, 2.75) is 38.1 Å². The van der Waals surface area contributed by atoms with Gasteiger partial charge in [-0.25, -0.2) is 4.79 Å². The molecule has 1 aliphatic carbocycles. The van der Waals surface area contributed by atoms with Gasteiger partial charge in [-0.3, -0.25) is 0 Å². The van der Waals surface area contributed by atoms with Gasteiger partial charge in [0.15, 0.2) is 6.10 Å². The zero-order chi connectivity index (χ0) is 16.4. The number of esters is 1. The van der Waals surface area contributed by atoms with Gasteiger partial charge >= 0.3 is 5.97 Å². The van der Waals surface area contributed by atoms with E-state index in [1.807, 2.05) is 48.5 Å². The molecule has 1 heterocycles. The van der Waals surface area contributed by atoms with Crippen LogP contribution in [0, 0.1) is 0 Å². The molecule has 0 unspecified atom stereocenters. The third-order valence-electron chi connectivity index (χ3n) is 4.74. The molecule has 0 radical (unpaired) electrons. The Morgan fingerprint density at radius 3 is 2.46 bits per heavy atom. The molecule has 4 rings (SSSR count). The van der Waals surface area contributed by atoms with E-state index in [1.165, 1.54) is 0 Å². The lowest BCUT2D eigenvalue weighted by molar-refractivity contribution is -0.146. The SMILES string of the molecule is O=C1O[C@@H]2C(=C1c1ccccc1)CCC[C@H]2OCc1ccccc1. The lowest BCUT2D eigenvalue weighted by Gasteiger charge is -2.29. The molecule has 0 bridgehead atoms. The average molecular weight is 320 g/mol. The van der Waals surface area contributed by atoms with Crippen LogP contribution in [0.2, 0.25) is 0 Å². The molecule has 2 aromatic carbocycles. The Bertz CT molecular complexity index is 749. The predicted octanol–water partition coefficient (Wildman–Crippen LogP) is 4.13. The lowest BCUT2D eigenvalue weighted by Crippen LogP contribution is -2.34. The molecule has 1 fully saturated rings. The highest BCUT2D eigenvalue weighted by Crippen LogP contribution is 2.40. The fraction of sp³-hybridized carbons (Fsp3) is 0.286. The van der Waals surface area contributed by atoms with Crippen LogP contribution in [0.15, 0.2) is 66.2 Å². The van der Waals surface area contributed by atoms with E-state index >= 15 is 0 Å². The molecule has 0 N–H and O–H groups in total. The van der Waals surface area contributed by atoms with Gasteiger partial charge in [0.05, 0.1) is 18.3 Å². The van der Waals surface area contributed by atoms with Crippen molar-refractivity contribution in [2.24, 2.45) is 0 Å². The maximum absolute atomic E-state index is 12.4. The predicted molar refractivity (Wildman–Crippen MR) is 92.1 cm³/mol. The monoisotopic (exact) mass is 320 g/mol. The second-order valence-corrected chi connectivity index (χ2v) is 6.32. The molecule has 24 heavy (non-hydrogen) atoms. The van der Waals surface area contributed by atoms with Gasteiger partial charge in [-0.15, -0.1) is 0 Å². The Morgan fingerprint density at radius 2 is 1.71 bits per heavy atom. The van der Waals surface area contributed by atoms with Crippen molar-refractivity contribution in [2.75, 3.05) is 0 Å². The highest BCUT2D eigenvalue weighted by Gasteiger charge is 2.42. The van der Waals surface area contributed by atoms with Gasteiger partial charge in [-0.05, 0) is 36.0 Å². The van der Waals surface area contributed by atoms with E-state index < -0.39 is 0 Å². The third kappa shape index (κ3) is 2.87. The summed E-state index contributed by atoms with van der Waals surface area (Å²) in [5.41, 5.74) is 3.94. The van der Waals surface area contributed by atoms with Crippen LogP contribution in [-0.4, -0.2) is 18.2 Å². The molecular formula is C21H20O3. The van der Waals surface area contributed by atoms with Crippen molar-refractivity contribution in [3.8, 4) is 0 Å². The summed E-state index contributed by atoms with van der Waals surface area (Å²) in [5.74, 6) is -0.212. The highest BCUT2D eigenvalue weighted by atomic mass is 16.6. The quantitative estimate of drug-likeness (QED) is 0.795. The summed E-state index contributed by atoms with van der Waals surface area (Å²) in [6, 6.07) is 19.9. The molecule has 1 saturated carbocycles. The molecule has 2 aromatic rings. The Morgan fingerprint density at radius 1 is 1.00 bits per heavy atom. The van der Waals surface area contributed by atoms with Gasteiger partial charge in [0.25, 0.3) is 0 Å². The van der Waals surface area contributed by atoms with Crippen LogP contribution in [0.3, 0.4) is 0 Å². The van der Waals surface area contributed by atoms with Crippen molar-refractivity contribution >= 4 is 11.5 Å². The van der Waals surface area contributed by atoms with Crippen molar-refractivity contribution in [1.82, 2.24) is 0 Å². The van der Waals surface area contributed by atoms with Gasteiger partial charge in [0, 0.05) is 0 Å². The maximum Gasteiger partial charge on any atom is 0.339 e. The number of hydrogen-bond donors (Lipinski definition) is 0. The van der Waals surface area contributed by atoms with Crippen LogP contribution in [0.1, 0.15) is 30.4 Å². The average Bonchev–Trinajstić information content (AvgIpc) is 2.98. The first-order valence-corrected chi connectivity index (χ1v) is 8.48. The molecule has 3 nitrogen and oxygen atoms in total. The first-order chi connectivity index (χ1) is 11.8. The summed E-state index contributed by atoms with van der Waals surface area (Å²) in [6.07, 6.45) is 2.57. The first kappa shape index (κ1) is 15.2. The van der Waals surface area contributed by atoms with Crippen LogP contribution in [0.25, 0.3) is 5.57 Å². The Hall–Kier alpha value is -2.39. The van der Waals surface area contributed by atoms with Gasteiger partial charge in [0.2, 0.25) is 0 Å².